The van der Waals surface area contributed by atoms with Gasteiger partial charge in [-0.3, -0.25) is 4.79 Å². The Balaban J connectivity index is 2.49. The molecule has 1 aromatic rings. The Morgan fingerprint density at radius 3 is 2.70 bits per heavy atom. The molecule has 1 heterocycles. The molecule has 106 valence electrons. The number of aliphatic hydroxyl groups is 1. The van der Waals surface area contributed by atoms with Gasteiger partial charge >= 0.3 is 0 Å². The molecule has 20 heavy (non-hydrogen) atoms. The summed E-state index contributed by atoms with van der Waals surface area (Å²) in [4.78, 5) is 13.6. The lowest BCUT2D eigenvalue weighted by Crippen LogP contribution is -2.25. The van der Waals surface area contributed by atoms with Gasteiger partial charge in [-0.05, 0) is 53.6 Å². The summed E-state index contributed by atoms with van der Waals surface area (Å²) in [5.74, 6) is 0.111. The Morgan fingerprint density at radius 1 is 1.55 bits per heavy atom. The van der Waals surface area contributed by atoms with E-state index in [9.17, 15) is 9.90 Å². The summed E-state index contributed by atoms with van der Waals surface area (Å²) in [6, 6.07) is 3.67. The number of rotatable bonds is 3. The van der Waals surface area contributed by atoms with E-state index in [1.54, 1.807) is 17.0 Å². The topological polar surface area (TPSA) is 40.5 Å². The van der Waals surface area contributed by atoms with Gasteiger partial charge in [-0.2, -0.15) is 0 Å². The molecule has 0 unspecified atom stereocenters. The summed E-state index contributed by atoms with van der Waals surface area (Å²) < 4.78 is 0.890. The minimum absolute atomic E-state index is 0.00404. The van der Waals surface area contributed by atoms with Crippen LogP contribution in [0.1, 0.15) is 25.3 Å². The van der Waals surface area contributed by atoms with Gasteiger partial charge in [0.15, 0.2) is 0 Å². The average Bonchev–Trinajstić information content (AvgIpc) is 2.75. The molecule has 0 aliphatic carbocycles. The number of halogens is 2. The number of anilines is 1. The first kappa shape index (κ1) is 15.4. The smallest absolute Gasteiger partial charge is 0.227 e. The maximum absolute atomic E-state index is 11.9. The summed E-state index contributed by atoms with van der Waals surface area (Å²) in [7, 11) is 0. The summed E-state index contributed by atoms with van der Waals surface area (Å²) in [5.41, 5.74) is 2.20. The van der Waals surface area contributed by atoms with Crippen molar-refractivity contribution in [3.63, 3.8) is 0 Å². The second-order valence-electron chi connectivity index (χ2n) is 4.59. The first-order valence-corrected chi connectivity index (χ1v) is 7.75. The number of allylic oxidation sites excluding steroid dienone is 2. The molecule has 2 rings (SSSR count). The minimum atomic E-state index is 0.00404. The fraction of sp³-hybridized carbons (Fsp3) is 0.267. The fourth-order valence-electron chi connectivity index (χ4n) is 2.36. The van der Waals surface area contributed by atoms with E-state index in [2.05, 4.69) is 29.2 Å². The second-order valence-corrected chi connectivity index (χ2v) is 6.16. The predicted octanol–water partition coefficient (Wildman–Crippen LogP) is 4.55. The summed E-state index contributed by atoms with van der Waals surface area (Å²) in [6.45, 7) is 6.09. The zero-order valence-electron chi connectivity index (χ0n) is 11.1. The Kier molecular flexibility index (Phi) is 4.75. The van der Waals surface area contributed by atoms with Crippen LogP contribution in [0.2, 0.25) is 5.02 Å². The fourth-order valence-corrected chi connectivity index (χ4v) is 3.76. The molecule has 0 saturated carbocycles. The van der Waals surface area contributed by atoms with Gasteiger partial charge in [0.05, 0.1) is 10.7 Å². The van der Waals surface area contributed by atoms with Crippen molar-refractivity contribution in [1.29, 1.82) is 0 Å². The van der Waals surface area contributed by atoms with Crippen molar-refractivity contribution in [1.82, 2.24) is 0 Å². The zero-order chi connectivity index (χ0) is 14.9. The second kappa shape index (κ2) is 6.18. The molecule has 1 aromatic carbocycles. The third-order valence-corrected chi connectivity index (χ3v) is 4.38. The van der Waals surface area contributed by atoms with E-state index in [-0.39, 0.29) is 11.7 Å². The molecule has 3 nitrogen and oxygen atoms in total. The third kappa shape index (κ3) is 2.86. The van der Waals surface area contributed by atoms with Gasteiger partial charge in [-0.15, -0.1) is 0 Å². The first-order valence-electron chi connectivity index (χ1n) is 6.30. The number of hydrogen-bond donors (Lipinski definition) is 1. The van der Waals surface area contributed by atoms with Crippen molar-refractivity contribution >= 4 is 51.4 Å². The van der Waals surface area contributed by atoms with Gasteiger partial charge in [0.2, 0.25) is 5.91 Å². The van der Waals surface area contributed by atoms with Crippen molar-refractivity contribution in [2.24, 2.45) is 0 Å². The van der Waals surface area contributed by atoms with Crippen molar-refractivity contribution in [3.8, 4) is 0 Å². The Bertz CT molecular complexity index is 587. The molecular weight excluding hydrogens is 389 g/mol. The summed E-state index contributed by atoms with van der Waals surface area (Å²) >= 11 is 8.52. The standard InChI is InChI=1S/C15H15ClINO2/c1-3-11(9(2)19)10-7-12(16)15(13(17)8-10)18-6-4-5-14(18)20/h3,7-8,19H,2,4-6H2,1H3/b11-3+. The average molecular weight is 404 g/mol. The Morgan fingerprint density at radius 2 is 2.25 bits per heavy atom. The molecule has 0 bridgehead atoms. The zero-order valence-corrected chi connectivity index (χ0v) is 14.0. The van der Waals surface area contributed by atoms with Gasteiger partial charge in [0, 0.05) is 22.1 Å². The summed E-state index contributed by atoms with van der Waals surface area (Å²) in [5, 5.41) is 10.1. The van der Waals surface area contributed by atoms with E-state index in [0.717, 1.165) is 21.2 Å². The molecule has 1 N–H and O–H groups in total. The molecule has 0 radical (unpaired) electrons. The lowest BCUT2D eigenvalue weighted by atomic mass is 10.0. The molecule has 1 aliphatic rings. The minimum Gasteiger partial charge on any atom is -0.508 e. The Labute approximate surface area is 137 Å². The number of carbonyl (C=O) groups is 1. The van der Waals surface area contributed by atoms with E-state index < -0.39 is 0 Å². The number of carbonyl (C=O) groups excluding carboxylic acids is 1. The first-order chi connectivity index (χ1) is 9.45. The van der Waals surface area contributed by atoms with Gasteiger partial charge < -0.3 is 10.0 Å². The van der Waals surface area contributed by atoms with Gasteiger partial charge in [0.25, 0.3) is 0 Å². The maximum atomic E-state index is 11.9. The van der Waals surface area contributed by atoms with Crippen LogP contribution in [0.4, 0.5) is 5.69 Å². The van der Waals surface area contributed by atoms with Crippen LogP contribution in [-0.2, 0) is 4.79 Å². The lowest BCUT2D eigenvalue weighted by molar-refractivity contribution is -0.117. The van der Waals surface area contributed by atoms with Crippen molar-refractivity contribution in [2.45, 2.75) is 19.8 Å². The number of nitrogens with zero attached hydrogens (tertiary/aromatic N) is 1. The highest BCUT2D eigenvalue weighted by atomic mass is 127. The highest BCUT2D eigenvalue weighted by Gasteiger charge is 2.26. The molecule has 1 saturated heterocycles. The summed E-state index contributed by atoms with van der Waals surface area (Å²) in [6.07, 6.45) is 3.22. The normalized spacial score (nSPS) is 15.8. The van der Waals surface area contributed by atoms with E-state index >= 15 is 0 Å². The van der Waals surface area contributed by atoms with Crippen molar-refractivity contribution in [2.75, 3.05) is 11.4 Å². The van der Waals surface area contributed by atoms with Crippen LogP contribution in [0, 0.1) is 3.57 Å². The SMILES string of the molecule is C=C(O)/C(=C\C)c1cc(Cl)c(N2CCCC2=O)c(I)c1. The molecule has 1 fully saturated rings. The van der Waals surface area contributed by atoms with Gasteiger partial charge in [0.1, 0.15) is 5.76 Å². The van der Waals surface area contributed by atoms with Crippen LogP contribution < -0.4 is 4.90 Å². The molecule has 1 aliphatic heterocycles. The van der Waals surface area contributed by atoms with Crippen LogP contribution in [0.3, 0.4) is 0 Å². The molecule has 0 atom stereocenters. The number of amides is 1. The van der Waals surface area contributed by atoms with Crippen molar-refractivity contribution in [3.05, 3.63) is 44.7 Å². The van der Waals surface area contributed by atoms with E-state index in [4.69, 9.17) is 11.6 Å². The van der Waals surface area contributed by atoms with E-state index in [1.807, 2.05) is 13.0 Å². The van der Waals surface area contributed by atoms with Crippen LogP contribution in [0.15, 0.2) is 30.5 Å². The monoisotopic (exact) mass is 403 g/mol. The van der Waals surface area contributed by atoms with Crippen LogP contribution in [0.5, 0.6) is 0 Å². The third-order valence-electron chi connectivity index (χ3n) is 3.27. The van der Waals surface area contributed by atoms with Gasteiger partial charge in [-0.1, -0.05) is 24.3 Å². The molecule has 5 heteroatoms. The van der Waals surface area contributed by atoms with Crippen LogP contribution in [-0.4, -0.2) is 17.6 Å². The number of hydrogen-bond acceptors (Lipinski definition) is 2. The van der Waals surface area contributed by atoms with E-state index in [0.29, 0.717) is 23.6 Å². The van der Waals surface area contributed by atoms with Crippen LogP contribution >= 0.6 is 34.2 Å². The highest BCUT2D eigenvalue weighted by molar-refractivity contribution is 14.1. The van der Waals surface area contributed by atoms with E-state index in [1.165, 1.54) is 0 Å². The van der Waals surface area contributed by atoms with Gasteiger partial charge in [-0.25, -0.2) is 0 Å². The highest BCUT2D eigenvalue weighted by Crippen LogP contribution is 2.37. The molecule has 1 amide bonds. The number of aliphatic hydroxyl groups excluding tert-OH is 1. The molecule has 0 spiro atoms. The predicted molar refractivity (Wildman–Crippen MR) is 91.2 cm³/mol. The number of benzene rings is 1. The quantitative estimate of drug-likeness (QED) is 0.457. The molecular formula is C15H15ClINO2. The lowest BCUT2D eigenvalue weighted by Gasteiger charge is -2.20. The Hall–Kier alpha value is -1.01. The van der Waals surface area contributed by atoms with Crippen LogP contribution in [0.25, 0.3) is 5.57 Å². The largest absolute Gasteiger partial charge is 0.508 e. The van der Waals surface area contributed by atoms with Crippen molar-refractivity contribution < 1.29 is 9.90 Å². The molecule has 0 aromatic heterocycles. The maximum Gasteiger partial charge on any atom is 0.227 e.